The Morgan fingerprint density at radius 1 is 1.37 bits per heavy atom. The largest absolute Gasteiger partial charge is 0.469 e. The lowest BCUT2D eigenvalue weighted by Gasteiger charge is -2.20. The third-order valence-corrected chi connectivity index (χ3v) is 3.59. The monoisotopic (exact) mass is 278 g/mol. The molecule has 2 rings (SSSR count). The van der Waals surface area contributed by atoms with E-state index in [1.165, 1.54) is 7.11 Å². The Balaban J connectivity index is 2.11. The maximum atomic E-state index is 12.0. The predicted molar refractivity (Wildman–Crippen MR) is 73.8 cm³/mol. The van der Waals surface area contributed by atoms with E-state index < -0.39 is 0 Å². The highest BCUT2D eigenvalue weighted by molar-refractivity contribution is 6.30. The predicted octanol–water partition coefficient (Wildman–Crippen LogP) is 3.27. The Kier molecular flexibility index (Phi) is 4.38. The van der Waals surface area contributed by atoms with Gasteiger partial charge in [0.2, 0.25) is 0 Å². The van der Waals surface area contributed by atoms with Crippen molar-refractivity contribution in [2.24, 2.45) is 5.92 Å². The van der Waals surface area contributed by atoms with Gasteiger partial charge in [-0.05, 0) is 42.2 Å². The molecule has 1 atom stereocenters. The molecule has 1 aliphatic rings. The Labute approximate surface area is 117 Å². The van der Waals surface area contributed by atoms with Crippen molar-refractivity contribution in [1.29, 1.82) is 0 Å². The van der Waals surface area contributed by atoms with Crippen molar-refractivity contribution in [1.82, 2.24) is 0 Å². The van der Waals surface area contributed by atoms with Crippen molar-refractivity contribution in [2.75, 3.05) is 7.11 Å². The van der Waals surface area contributed by atoms with Crippen LogP contribution in [-0.2, 0) is 14.3 Å². The maximum Gasteiger partial charge on any atom is 0.306 e. The van der Waals surface area contributed by atoms with Crippen LogP contribution in [0.15, 0.2) is 30.3 Å². The first-order chi connectivity index (χ1) is 9.10. The lowest BCUT2D eigenvalue weighted by Crippen LogP contribution is -2.21. The fourth-order valence-electron chi connectivity index (χ4n) is 2.21. The summed E-state index contributed by atoms with van der Waals surface area (Å²) in [6, 6.07) is 7.43. The quantitative estimate of drug-likeness (QED) is 0.797. The van der Waals surface area contributed by atoms with Crippen molar-refractivity contribution in [3.05, 3.63) is 40.9 Å². The SMILES string of the molecule is COC(=O)C[C@H]1CCC(c2ccc(Cl)cc2)=CC1=O. The number of carbonyl (C=O) groups is 2. The zero-order chi connectivity index (χ0) is 13.8. The number of ether oxygens (including phenoxy) is 1. The molecule has 0 unspecified atom stereocenters. The summed E-state index contributed by atoms with van der Waals surface area (Å²) in [5.74, 6) is -0.577. The fraction of sp³-hybridized carbons (Fsp3) is 0.333. The maximum absolute atomic E-state index is 12.0. The molecule has 0 saturated carbocycles. The first-order valence-electron chi connectivity index (χ1n) is 6.17. The van der Waals surface area contributed by atoms with Gasteiger partial charge in [0.1, 0.15) is 0 Å². The summed E-state index contributed by atoms with van der Waals surface area (Å²) in [4.78, 5) is 23.2. The molecule has 0 fully saturated rings. The second-order valence-corrected chi connectivity index (χ2v) is 5.03. The third-order valence-electron chi connectivity index (χ3n) is 3.34. The van der Waals surface area contributed by atoms with Gasteiger partial charge in [0.25, 0.3) is 0 Å². The number of halogens is 1. The molecule has 1 aliphatic carbocycles. The number of rotatable bonds is 3. The molecule has 3 nitrogen and oxygen atoms in total. The van der Waals surface area contributed by atoms with Crippen LogP contribution >= 0.6 is 11.6 Å². The fourth-order valence-corrected chi connectivity index (χ4v) is 2.34. The summed E-state index contributed by atoms with van der Waals surface area (Å²) < 4.78 is 4.60. The van der Waals surface area contributed by atoms with Crippen LogP contribution in [0, 0.1) is 5.92 Å². The van der Waals surface area contributed by atoms with Gasteiger partial charge in [-0.3, -0.25) is 9.59 Å². The van der Waals surface area contributed by atoms with Crippen LogP contribution < -0.4 is 0 Å². The summed E-state index contributed by atoms with van der Waals surface area (Å²) in [5.41, 5.74) is 2.01. The summed E-state index contributed by atoms with van der Waals surface area (Å²) in [5, 5.41) is 0.676. The molecule has 0 saturated heterocycles. The van der Waals surface area contributed by atoms with Gasteiger partial charge >= 0.3 is 5.97 Å². The van der Waals surface area contributed by atoms with Crippen molar-refractivity contribution in [3.63, 3.8) is 0 Å². The van der Waals surface area contributed by atoms with Gasteiger partial charge in [-0.15, -0.1) is 0 Å². The zero-order valence-electron chi connectivity index (χ0n) is 10.7. The molecule has 0 radical (unpaired) electrons. The molecular formula is C15H15ClO3. The number of methoxy groups -OCH3 is 1. The molecule has 0 N–H and O–H groups in total. The van der Waals surface area contributed by atoms with E-state index in [1.54, 1.807) is 6.08 Å². The Bertz CT molecular complexity index is 517. The number of hydrogen-bond donors (Lipinski definition) is 0. The van der Waals surface area contributed by atoms with Gasteiger partial charge in [0.15, 0.2) is 5.78 Å². The Hall–Kier alpha value is -1.61. The summed E-state index contributed by atoms with van der Waals surface area (Å²) in [6.07, 6.45) is 3.28. The van der Waals surface area contributed by atoms with Crippen LogP contribution in [0.4, 0.5) is 0 Å². The van der Waals surface area contributed by atoms with Gasteiger partial charge in [-0.1, -0.05) is 23.7 Å². The summed E-state index contributed by atoms with van der Waals surface area (Å²) >= 11 is 5.84. The topological polar surface area (TPSA) is 43.4 Å². The van der Waals surface area contributed by atoms with Crippen LogP contribution in [0.25, 0.3) is 5.57 Å². The summed E-state index contributed by atoms with van der Waals surface area (Å²) in [6.45, 7) is 0. The van der Waals surface area contributed by atoms with Crippen LogP contribution in [-0.4, -0.2) is 18.9 Å². The van der Waals surface area contributed by atoms with Gasteiger partial charge in [0.05, 0.1) is 13.5 Å². The highest BCUT2D eigenvalue weighted by atomic mass is 35.5. The highest BCUT2D eigenvalue weighted by Gasteiger charge is 2.25. The van der Waals surface area contributed by atoms with Crippen molar-refractivity contribution < 1.29 is 14.3 Å². The van der Waals surface area contributed by atoms with Crippen molar-refractivity contribution in [2.45, 2.75) is 19.3 Å². The molecule has 0 bridgehead atoms. The van der Waals surface area contributed by atoms with Gasteiger partial charge in [-0.25, -0.2) is 0 Å². The molecule has 0 amide bonds. The Morgan fingerprint density at radius 2 is 2.05 bits per heavy atom. The summed E-state index contributed by atoms with van der Waals surface area (Å²) in [7, 11) is 1.34. The van der Waals surface area contributed by atoms with E-state index in [0.29, 0.717) is 11.4 Å². The van der Waals surface area contributed by atoms with E-state index in [2.05, 4.69) is 4.74 Å². The molecule has 0 aromatic heterocycles. The minimum absolute atomic E-state index is 0.00148. The minimum Gasteiger partial charge on any atom is -0.469 e. The number of allylic oxidation sites excluding steroid dienone is 2. The molecule has 100 valence electrons. The molecule has 0 heterocycles. The average Bonchev–Trinajstić information content (AvgIpc) is 2.41. The smallest absolute Gasteiger partial charge is 0.306 e. The van der Waals surface area contributed by atoms with Crippen LogP contribution in [0.2, 0.25) is 5.02 Å². The molecule has 19 heavy (non-hydrogen) atoms. The first-order valence-corrected chi connectivity index (χ1v) is 6.55. The van der Waals surface area contributed by atoms with E-state index in [4.69, 9.17) is 11.6 Å². The molecule has 1 aromatic carbocycles. The number of esters is 1. The number of ketones is 1. The van der Waals surface area contributed by atoms with Crippen LogP contribution in [0.5, 0.6) is 0 Å². The van der Waals surface area contributed by atoms with Crippen LogP contribution in [0.3, 0.4) is 0 Å². The lowest BCUT2D eigenvalue weighted by atomic mass is 9.84. The van der Waals surface area contributed by atoms with E-state index >= 15 is 0 Å². The van der Waals surface area contributed by atoms with Crippen LogP contribution in [0.1, 0.15) is 24.8 Å². The third kappa shape index (κ3) is 3.44. The first kappa shape index (κ1) is 13.8. The van der Waals surface area contributed by atoms with E-state index in [0.717, 1.165) is 17.6 Å². The van der Waals surface area contributed by atoms with E-state index in [1.807, 2.05) is 24.3 Å². The Morgan fingerprint density at radius 3 is 2.63 bits per heavy atom. The average molecular weight is 279 g/mol. The normalized spacial score (nSPS) is 18.9. The van der Waals surface area contributed by atoms with E-state index in [-0.39, 0.29) is 24.1 Å². The van der Waals surface area contributed by atoms with E-state index in [9.17, 15) is 9.59 Å². The van der Waals surface area contributed by atoms with Crippen molar-refractivity contribution >= 4 is 28.9 Å². The lowest BCUT2D eigenvalue weighted by molar-refractivity contribution is -0.143. The highest BCUT2D eigenvalue weighted by Crippen LogP contribution is 2.30. The van der Waals surface area contributed by atoms with Gasteiger partial charge in [-0.2, -0.15) is 0 Å². The standard InChI is InChI=1S/C15H15ClO3/c1-19-15(18)9-12-3-2-11(8-14(12)17)10-4-6-13(16)7-5-10/h4-8,12H,2-3,9H2,1H3/t12-/m1/s1. The number of benzene rings is 1. The number of carbonyl (C=O) groups excluding carboxylic acids is 2. The van der Waals surface area contributed by atoms with Gasteiger partial charge in [0, 0.05) is 10.9 Å². The second-order valence-electron chi connectivity index (χ2n) is 4.59. The molecule has 0 aliphatic heterocycles. The molecular weight excluding hydrogens is 264 g/mol. The van der Waals surface area contributed by atoms with Crippen molar-refractivity contribution in [3.8, 4) is 0 Å². The molecule has 1 aromatic rings. The van der Waals surface area contributed by atoms with Gasteiger partial charge < -0.3 is 4.74 Å². The molecule has 4 heteroatoms. The minimum atomic E-state index is -0.332. The molecule has 0 spiro atoms. The number of hydrogen-bond acceptors (Lipinski definition) is 3. The zero-order valence-corrected chi connectivity index (χ0v) is 11.4. The second kappa shape index (κ2) is 6.02.